The lowest BCUT2D eigenvalue weighted by atomic mass is 10.2. The van der Waals surface area contributed by atoms with E-state index in [2.05, 4.69) is 10.1 Å². The summed E-state index contributed by atoms with van der Waals surface area (Å²) >= 11 is 0. The summed E-state index contributed by atoms with van der Waals surface area (Å²) in [6.45, 7) is 4.44. The van der Waals surface area contributed by atoms with Gasteiger partial charge in [-0.2, -0.15) is 5.26 Å². The van der Waals surface area contributed by atoms with Crippen LogP contribution in [0.1, 0.15) is 39.0 Å². The summed E-state index contributed by atoms with van der Waals surface area (Å²) in [5, 5.41) is 11.3. The molecule has 0 radical (unpaired) electrons. The Bertz CT molecular complexity index is 184. The molecule has 4 heteroatoms. The highest BCUT2D eigenvalue weighted by molar-refractivity contribution is 5.68. The van der Waals surface area contributed by atoms with E-state index in [1.165, 1.54) is 32.4 Å². The Morgan fingerprint density at radius 3 is 2.40 bits per heavy atom. The highest BCUT2D eigenvalue weighted by atomic mass is 16.5. The summed E-state index contributed by atoms with van der Waals surface area (Å²) in [4.78, 5) is 10.4. The average molecular weight is 212 g/mol. The number of hydrogen-bond acceptors (Lipinski definition) is 4. The molecule has 15 heavy (non-hydrogen) atoms. The number of carbonyl (C=O) groups is 1. The fraction of sp³-hybridized carbons (Fsp3) is 0.818. The smallest absolute Gasteiger partial charge is 0.305 e. The molecule has 0 saturated carbocycles. The van der Waals surface area contributed by atoms with Gasteiger partial charge in [0.1, 0.15) is 6.61 Å². The minimum Gasteiger partial charge on any atom is -0.465 e. The maximum Gasteiger partial charge on any atom is 0.305 e. The first-order valence-electron chi connectivity index (χ1n) is 5.54. The Labute approximate surface area is 91.6 Å². The van der Waals surface area contributed by atoms with Gasteiger partial charge in [-0.25, -0.2) is 0 Å². The lowest BCUT2D eigenvalue weighted by molar-refractivity contribution is -0.143. The zero-order valence-electron chi connectivity index (χ0n) is 9.42. The Balaban J connectivity index is 0.000000280. The molecule has 1 saturated heterocycles. The molecule has 0 aromatic carbocycles. The normalized spacial score (nSPS) is 14.4. The summed E-state index contributed by atoms with van der Waals surface area (Å²) < 4.78 is 4.57. The van der Waals surface area contributed by atoms with E-state index in [1.807, 2.05) is 6.07 Å². The van der Waals surface area contributed by atoms with Crippen LogP contribution in [0.4, 0.5) is 0 Å². The summed E-state index contributed by atoms with van der Waals surface area (Å²) in [6.07, 6.45) is 4.88. The Hall–Kier alpha value is -1.08. The molecule has 0 aromatic heterocycles. The van der Waals surface area contributed by atoms with E-state index >= 15 is 0 Å². The third kappa shape index (κ3) is 10.8. The lowest BCUT2D eigenvalue weighted by Gasteiger charge is -2.08. The van der Waals surface area contributed by atoms with Crippen molar-refractivity contribution < 1.29 is 9.53 Å². The number of hydrogen-bond donors (Lipinski definition) is 1. The molecule has 1 aliphatic heterocycles. The van der Waals surface area contributed by atoms with Gasteiger partial charge in [-0.3, -0.25) is 4.79 Å². The van der Waals surface area contributed by atoms with Crippen LogP contribution in [-0.2, 0) is 9.53 Å². The van der Waals surface area contributed by atoms with E-state index in [0.29, 0.717) is 6.42 Å². The largest absolute Gasteiger partial charge is 0.465 e. The molecule has 1 heterocycles. The van der Waals surface area contributed by atoms with Crippen molar-refractivity contribution >= 4 is 5.97 Å². The number of rotatable bonds is 3. The van der Waals surface area contributed by atoms with Gasteiger partial charge >= 0.3 is 5.97 Å². The maximum absolute atomic E-state index is 10.4. The van der Waals surface area contributed by atoms with Crippen LogP contribution in [0.3, 0.4) is 0 Å². The van der Waals surface area contributed by atoms with Crippen LogP contribution in [0.15, 0.2) is 0 Å². The number of nitriles is 1. The topological polar surface area (TPSA) is 62.1 Å². The third-order valence-corrected chi connectivity index (χ3v) is 1.97. The van der Waals surface area contributed by atoms with Gasteiger partial charge in [0.15, 0.2) is 0 Å². The molecule has 0 unspecified atom stereocenters. The van der Waals surface area contributed by atoms with E-state index in [1.54, 1.807) is 6.92 Å². The highest BCUT2D eigenvalue weighted by Crippen LogP contribution is 1.96. The fourth-order valence-corrected chi connectivity index (χ4v) is 1.11. The summed E-state index contributed by atoms with van der Waals surface area (Å²) in [5.74, 6) is -0.245. The number of ether oxygens (including phenoxy) is 1. The van der Waals surface area contributed by atoms with E-state index in [0.717, 1.165) is 0 Å². The molecule has 0 bridgehead atoms. The summed E-state index contributed by atoms with van der Waals surface area (Å²) in [7, 11) is 0. The minimum atomic E-state index is -0.245. The van der Waals surface area contributed by atoms with Gasteiger partial charge in [-0.15, -0.1) is 0 Å². The van der Waals surface area contributed by atoms with Crippen LogP contribution in [0.5, 0.6) is 0 Å². The monoisotopic (exact) mass is 212 g/mol. The molecule has 0 amide bonds. The van der Waals surface area contributed by atoms with E-state index in [4.69, 9.17) is 5.26 Å². The zero-order chi connectivity index (χ0) is 11.4. The second-order valence-electron chi connectivity index (χ2n) is 3.29. The average Bonchev–Trinajstić information content (AvgIpc) is 2.32. The minimum absolute atomic E-state index is 0.225. The Morgan fingerprint density at radius 1 is 1.40 bits per heavy atom. The second kappa shape index (κ2) is 11.0. The molecule has 1 aliphatic rings. The highest BCUT2D eigenvalue weighted by Gasteiger charge is 1.95. The number of piperidine rings is 1. The van der Waals surface area contributed by atoms with Gasteiger partial charge in [0.2, 0.25) is 0 Å². The fourth-order valence-electron chi connectivity index (χ4n) is 1.11. The van der Waals surface area contributed by atoms with Crippen molar-refractivity contribution in [2.45, 2.75) is 39.0 Å². The molecule has 0 spiro atoms. The molecule has 1 N–H and O–H groups in total. The SMILES string of the molecule is C1CCNCC1.CCC(=O)OCCC#N. The van der Waals surface area contributed by atoms with Crippen molar-refractivity contribution in [1.29, 1.82) is 5.26 Å². The molecule has 4 nitrogen and oxygen atoms in total. The summed E-state index contributed by atoms with van der Waals surface area (Å²) in [6, 6.07) is 1.87. The van der Waals surface area contributed by atoms with Crippen LogP contribution < -0.4 is 5.32 Å². The van der Waals surface area contributed by atoms with Crippen LogP contribution >= 0.6 is 0 Å². The van der Waals surface area contributed by atoms with Crippen molar-refractivity contribution in [1.82, 2.24) is 5.32 Å². The van der Waals surface area contributed by atoms with Crippen molar-refractivity contribution in [3.63, 3.8) is 0 Å². The Kier molecular flexibility index (Phi) is 10.2. The van der Waals surface area contributed by atoms with E-state index in [9.17, 15) is 4.79 Å². The molecule has 0 aliphatic carbocycles. The molecular formula is C11H20N2O2. The molecule has 86 valence electrons. The van der Waals surface area contributed by atoms with Gasteiger partial charge in [-0.05, 0) is 25.9 Å². The second-order valence-corrected chi connectivity index (χ2v) is 3.29. The lowest BCUT2D eigenvalue weighted by Crippen LogP contribution is -2.21. The molecule has 1 fully saturated rings. The number of nitrogens with zero attached hydrogens (tertiary/aromatic N) is 1. The van der Waals surface area contributed by atoms with Crippen molar-refractivity contribution in [2.24, 2.45) is 0 Å². The van der Waals surface area contributed by atoms with Crippen molar-refractivity contribution in [2.75, 3.05) is 19.7 Å². The summed E-state index contributed by atoms with van der Waals surface area (Å²) in [5.41, 5.74) is 0. The van der Waals surface area contributed by atoms with Crippen LogP contribution in [0, 0.1) is 11.3 Å². The number of nitrogens with one attached hydrogen (secondary N) is 1. The molecule has 1 rings (SSSR count). The van der Waals surface area contributed by atoms with Gasteiger partial charge in [0.25, 0.3) is 0 Å². The van der Waals surface area contributed by atoms with Crippen LogP contribution in [-0.4, -0.2) is 25.7 Å². The van der Waals surface area contributed by atoms with E-state index in [-0.39, 0.29) is 19.0 Å². The van der Waals surface area contributed by atoms with Gasteiger partial charge in [-0.1, -0.05) is 13.3 Å². The first-order chi connectivity index (χ1) is 7.31. The van der Waals surface area contributed by atoms with Crippen molar-refractivity contribution in [3.8, 4) is 6.07 Å². The molecular weight excluding hydrogens is 192 g/mol. The Morgan fingerprint density at radius 2 is 2.07 bits per heavy atom. The zero-order valence-corrected chi connectivity index (χ0v) is 9.42. The van der Waals surface area contributed by atoms with Gasteiger partial charge < -0.3 is 10.1 Å². The predicted molar refractivity (Wildman–Crippen MR) is 58.2 cm³/mol. The third-order valence-electron chi connectivity index (χ3n) is 1.97. The van der Waals surface area contributed by atoms with Crippen LogP contribution in [0.25, 0.3) is 0 Å². The first kappa shape index (κ1) is 13.9. The molecule has 0 atom stereocenters. The van der Waals surface area contributed by atoms with E-state index < -0.39 is 0 Å². The standard InChI is InChI=1S/C6H9NO2.C5H11N/c1-2-6(8)9-5-3-4-7;1-2-4-6-5-3-1/h2-3,5H2,1H3;6H,1-5H2. The van der Waals surface area contributed by atoms with Gasteiger partial charge in [0.05, 0.1) is 12.5 Å². The van der Waals surface area contributed by atoms with Crippen molar-refractivity contribution in [3.05, 3.63) is 0 Å². The molecule has 0 aromatic rings. The quantitative estimate of drug-likeness (QED) is 0.570. The predicted octanol–water partition coefficient (Wildman–Crippen LogP) is 1.61. The number of esters is 1. The number of carbonyl (C=O) groups excluding carboxylic acids is 1. The first-order valence-corrected chi connectivity index (χ1v) is 5.54. The van der Waals surface area contributed by atoms with Gasteiger partial charge in [0, 0.05) is 6.42 Å². The maximum atomic E-state index is 10.4. The van der Waals surface area contributed by atoms with Crippen LogP contribution in [0.2, 0.25) is 0 Å².